The van der Waals surface area contributed by atoms with E-state index in [1.54, 1.807) is 0 Å². The van der Waals surface area contributed by atoms with E-state index in [0.717, 1.165) is 0 Å². The molecule has 58 valence electrons. The molecule has 0 aliphatic heterocycles. The van der Waals surface area contributed by atoms with Gasteiger partial charge in [0.25, 0.3) is 0 Å². The summed E-state index contributed by atoms with van der Waals surface area (Å²) in [4.78, 5) is 19.7. The quantitative estimate of drug-likeness (QED) is 0.486. The molecule has 0 aliphatic rings. The lowest BCUT2D eigenvalue weighted by atomic mass is 9.99. The number of rotatable bonds is 4. The van der Waals surface area contributed by atoms with Gasteiger partial charge in [-0.1, -0.05) is 0 Å². The Bertz CT molecular complexity index is 139. The van der Waals surface area contributed by atoms with Crippen molar-refractivity contribution in [2.24, 2.45) is 0 Å². The van der Waals surface area contributed by atoms with E-state index < -0.39 is 18.0 Å². The lowest BCUT2D eigenvalue weighted by Crippen LogP contribution is -2.35. The van der Waals surface area contributed by atoms with Gasteiger partial charge < -0.3 is 19.8 Å². The second kappa shape index (κ2) is 3.31. The molecule has 0 unspecified atom stereocenters. The number of aliphatic hydroxyl groups is 1. The number of carbonyl (C=O) groups excluding carboxylic acids is 2. The van der Waals surface area contributed by atoms with Gasteiger partial charge in [-0.3, -0.25) is 0 Å². The van der Waals surface area contributed by atoms with Gasteiger partial charge in [0.15, 0.2) is 0 Å². The van der Waals surface area contributed by atoms with E-state index in [4.69, 9.17) is 5.11 Å². The molecule has 1 N–H and O–H groups in total. The molecular weight excluding hydrogens is 136 g/mol. The molecule has 0 spiro atoms. The first-order chi connectivity index (χ1) is 4.48. The molecule has 1 atom stereocenters. The molecule has 0 saturated heterocycles. The molecule has 0 bridgehead atoms. The van der Waals surface area contributed by atoms with Crippen LogP contribution in [0.25, 0.3) is 0 Å². The maximum atomic E-state index is 9.90. The Labute approximate surface area is 58.5 Å². The van der Waals surface area contributed by atoms with Crippen molar-refractivity contribution in [3.63, 3.8) is 0 Å². The van der Waals surface area contributed by atoms with E-state index in [2.05, 4.69) is 0 Å². The largest absolute Gasteiger partial charge is 0.550 e. The van der Waals surface area contributed by atoms with E-state index in [1.807, 2.05) is 0 Å². The first-order valence-electron chi connectivity index (χ1n) is 2.84. The van der Waals surface area contributed by atoms with Crippen molar-refractivity contribution in [3.05, 3.63) is 0 Å². The molecule has 0 saturated carbocycles. The first-order valence-corrected chi connectivity index (χ1v) is 2.84. The Morgan fingerprint density at radius 3 is 2.60 bits per heavy atom. The minimum Gasteiger partial charge on any atom is -0.550 e. The lowest BCUT2D eigenvalue weighted by molar-refractivity contribution is -0.308. The van der Waals surface area contributed by atoms with Crippen LogP contribution in [0.4, 0.5) is 0 Å². The topological polar surface area (TPSA) is 77.4 Å². The molecule has 10 heavy (non-hydrogen) atoms. The highest BCUT2D eigenvalue weighted by Crippen LogP contribution is 2.10. The minimum absolute atomic E-state index is 0.180. The summed E-state index contributed by atoms with van der Waals surface area (Å²) >= 11 is 0. The van der Waals surface area contributed by atoms with Crippen molar-refractivity contribution < 1.29 is 19.8 Å². The van der Waals surface area contributed by atoms with Gasteiger partial charge >= 0.3 is 0 Å². The second-order valence-corrected chi connectivity index (χ2v) is 2.42. The molecule has 0 radical (unpaired) electrons. The summed E-state index contributed by atoms with van der Waals surface area (Å²) in [5, 5.41) is 18.9. The highest BCUT2D eigenvalue weighted by molar-refractivity contribution is 5.66. The van der Waals surface area contributed by atoms with Gasteiger partial charge in [-0.05, 0) is 6.92 Å². The number of carboxylic acid groups (broad SMARTS) is 1. The summed E-state index contributed by atoms with van der Waals surface area (Å²) < 4.78 is 0. The zero-order valence-corrected chi connectivity index (χ0v) is 5.66. The molecule has 0 aromatic carbocycles. The van der Waals surface area contributed by atoms with E-state index in [9.17, 15) is 14.7 Å². The Kier molecular flexibility index (Phi) is 3.02. The minimum atomic E-state index is -1.46. The van der Waals surface area contributed by atoms with Gasteiger partial charge in [-0.2, -0.15) is 0 Å². The van der Waals surface area contributed by atoms with E-state index in [0.29, 0.717) is 6.29 Å². The van der Waals surface area contributed by atoms with E-state index in [-0.39, 0.29) is 6.42 Å². The van der Waals surface area contributed by atoms with Gasteiger partial charge in [0.2, 0.25) is 0 Å². The Balaban J connectivity index is 3.85. The van der Waals surface area contributed by atoms with Crippen molar-refractivity contribution in [1.29, 1.82) is 0 Å². The molecular formula is C6H9O4-. The molecule has 0 aliphatic carbocycles. The third kappa shape index (κ3) is 4.03. The smallest absolute Gasteiger partial charge is 0.122 e. The van der Waals surface area contributed by atoms with Crippen molar-refractivity contribution >= 4 is 12.3 Å². The fourth-order valence-electron chi connectivity index (χ4n) is 0.563. The van der Waals surface area contributed by atoms with Crippen LogP contribution in [-0.2, 0) is 9.59 Å². The van der Waals surface area contributed by atoms with Gasteiger partial charge in [0.05, 0.1) is 5.60 Å². The van der Waals surface area contributed by atoms with Crippen molar-refractivity contribution in [2.45, 2.75) is 25.4 Å². The van der Waals surface area contributed by atoms with Crippen LogP contribution in [-0.4, -0.2) is 23.0 Å². The third-order valence-corrected chi connectivity index (χ3v) is 1.05. The Morgan fingerprint density at radius 2 is 2.30 bits per heavy atom. The molecule has 0 amide bonds. The molecule has 0 aromatic rings. The monoisotopic (exact) mass is 145 g/mol. The molecule has 0 rings (SSSR count). The summed E-state index contributed by atoms with van der Waals surface area (Å²) in [5.74, 6) is -1.35. The number of aldehydes is 1. The van der Waals surface area contributed by atoms with Crippen molar-refractivity contribution in [3.8, 4) is 0 Å². The van der Waals surface area contributed by atoms with E-state index in [1.165, 1.54) is 6.92 Å². The predicted molar refractivity (Wildman–Crippen MR) is 30.9 cm³/mol. The fraction of sp³-hybridized carbons (Fsp3) is 0.667. The highest BCUT2D eigenvalue weighted by atomic mass is 16.4. The summed E-state index contributed by atoms with van der Waals surface area (Å²) in [6.07, 6.45) is -0.213. The predicted octanol–water partition coefficient (Wildman–Crippen LogP) is -1.53. The fourth-order valence-corrected chi connectivity index (χ4v) is 0.563. The van der Waals surface area contributed by atoms with Crippen LogP contribution in [0.5, 0.6) is 0 Å². The first kappa shape index (κ1) is 9.10. The number of hydrogen-bond donors (Lipinski definition) is 1. The van der Waals surface area contributed by atoms with Crippen LogP contribution < -0.4 is 5.11 Å². The third-order valence-electron chi connectivity index (χ3n) is 1.05. The number of hydrogen-bond acceptors (Lipinski definition) is 4. The zero-order valence-electron chi connectivity index (χ0n) is 5.66. The SMILES string of the molecule is C[C@@](O)(CC=O)CC(=O)[O-]. The average Bonchev–Trinajstić information content (AvgIpc) is 1.59. The number of aliphatic carboxylic acids is 1. The second-order valence-electron chi connectivity index (χ2n) is 2.42. The Morgan fingerprint density at radius 1 is 1.80 bits per heavy atom. The van der Waals surface area contributed by atoms with Crippen LogP contribution in [0, 0.1) is 0 Å². The van der Waals surface area contributed by atoms with Crippen LogP contribution in [0.3, 0.4) is 0 Å². The summed E-state index contributed by atoms with van der Waals surface area (Å²) in [7, 11) is 0. The van der Waals surface area contributed by atoms with Gasteiger partial charge in [0.1, 0.15) is 6.29 Å². The maximum Gasteiger partial charge on any atom is 0.122 e. The van der Waals surface area contributed by atoms with Crippen molar-refractivity contribution in [2.75, 3.05) is 0 Å². The van der Waals surface area contributed by atoms with Gasteiger partial charge in [-0.15, -0.1) is 0 Å². The lowest BCUT2D eigenvalue weighted by Gasteiger charge is -2.20. The summed E-state index contributed by atoms with van der Waals surface area (Å²) in [6, 6.07) is 0. The zero-order chi connectivity index (χ0) is 8.20. The van der Waals surface area contributed by atoms with Gasteiger partial charge in [-0.25, -0.2) is 0 Å². The van der Waals surface area contributed by atoms with Crippen LogP contribution in [0.15, 0.2) is 0 Å². The molecule has 0 fully saturated rings. The van der Waals surface area contributed by atoms with Crippen LogP contribution in [0.1, 0.15) is 19.8 Å². The average molecular weight is 145 g/mol. The molecule has 4 nitrogen and oxygen atoms in total. The van der Waals surface area contributed by atoms with Crippen molar-refractivity contribution in [1.82, 2.24) is 0 Å². The van der Waals surface area contributed by atoms with Crippen LogP contribution in [0.2, 0.25) is 0 Å². The molecule has 0 aromatic heterocycles. The Hall–Kier alpha value is -0.900. The molecule has 0 heterocycles. The molecule has 4 heteroatoms. The standard InChI is InChI=1S/C6H10O4/c1-6(10,2-3-7)4-5(8)9/h3,10H,2,4H2,1H3,(H,8,9)/p-1/t6-/m1/s1. The number of carboxylic acids is 1. The van der Waals surface area contributed by atoms with Gasteiger partial charge in [0, 0.05) is 18.8 Å². The van der Waals surface area contributed by atoms with Crippen LogP contribution >= 0.6 is 0 Å². The highest BCUT2D eigenvalue weighted by Gasteiger charge is 2.19. The maximum absolute atomic E-state index is 9.90. The normalized spacial score (nSPS) is 15.8. The summed E-state index contributed by atoms with van der Waals surface area (Å²) in [6.45, 7) is 1.27. The van der Waals surface area contributed by atoms with E-state index >= 15 is 0 Å². The number of carbonyl (C=O) groups is 2. The summed E-state index contributed by atoms with van der Waals surface area (Å²) in [5.41, 5.74) is -1.46.